The third kappa shape index (κ3) is 2.39. The van der Waals surface area contributed by atoms with Crippen molar-refractivity contribution in [3.05, 3.63) is 69.0 Å². The first-order valence-electron chi connectivity index (χ1n) is 6.86. The number of aromatic nitrogens is 1. The van der Waals surface area contributed by atoms with E-state index in [1.807, 2.05) is 6.07 Å². The lowest BCUT2D eigenvalue weighted by molar-refractivity contribution is 1.14. The highest BCUT2D eigenvalue weighted by Gasteiger charge is 2.24. The molecule has 3 aromatic rings. The number of hydrogen-bond donors (Lipinski definition) is 1. The first kappa shape index (κ1) is 13.0. The monoisotopic (exact) mass is 356 g/mol. The van der Waals surface area contributed by atoms with Crippen molar-refractivity contribution in [2.24, 2.45) is 0 Å². The van der Waals surface area contributed by atoms with Gasteiger partial charge in [0.05, 0.1) is 5.69 Å². The molecule has 0 atom stereocenters. The summed E-state index contributed by atoms with van der Waals surface area (Å²) in [6.07, 6.45) is 0.983. The molecule has 0 fully saturated rings. The van der Waals surface area contributed by atoms with Gasteiger partial charge in [0, 0.05) is 27.9 Å². The minimum atomic E-state index is 0.818. The Labute approximate surface area is 136 Å². The number of hydrogen-bond acceptors (Lipinski definition) is 3. The van der Waals surface area contributed by atoms with E-state index in [1.54, 1.807) is 11.3 Å². The van der Waals surface area contributed by atoms with Gasteiger partial charge in [-0.05, 0) is 17.2 Å². The molecule has 104 valence electrons. The fraction of sp³-hybridized carbons (Fsp3) is 0.118. The molecule has 0 aliphatic heterocycles. The summed E-state index contributed by atoms with van der Waals surface area (Å²) in [5.74, 6) is 0. The molecular formula is C17H13BrN2S. The number of thiazole rings is 1. The number of anilines is 1. The van der Waals surface area contributed by atoms with Crippen LogP contribution in [0.3, 0.4) is 0 Å². The van der Waals surface area contributed by atoms with Crippen LogP contribution in [-0.4, -0.2) is 4.98 Å². The molecule has 1 heterocycles. The Morgan fingerprint density at radius 3 is 2.81 bits per heavy atom. The summed E-state index contributed by atoms with van der Waals surface area (Å²) in [5.41, 5.74) is 5.05. The number of benzene rings is 2. The first-order valence-corrected chi connectivity index (χ1v) is 8.47. The predicted octanol–water partition coefficient (Wildman–Crippen LogP) is 5.09. The van der Waals surface area contributed by atoms with Crippen molar-refractivity contribution in [2.75, 3.05) is 5.32 Å². The van der Waals surface area contributed by atoms with Gasteiger partial charge < -0.3 is 5.32 Å². The van der Waals surface area contributed by atoms with Crippen molar-refractivity contribution in [1.82, 2.24) is 4.98 Å². The van der Waals surface area contributed by atoms with Crippen molar-refractivity contribution in [3.63, 3.8) is 0 Å². The van der Waals surface area contributed by atoms with Gasteiger partial charge in [0.15, 0.2) is 5.13 Å². The Bertz CT molecular complexity index is 796. The van der Waals surface area contributed by atoms with E-state index in [-0.39, 0.29) is 0 Å². The van der Waals surface area contributed by atoms with Crippen molar-refractivity contribution in [2.45, 2.75) is 13.0 Å². The molecule has 21 heavy (non-hydrogen) atoms. The topological polar surface area (TPSA) is 24.9 Å². The molecule has 0 amide bonds. The second-order valence-electron chi connectivity index (χ2n) is 5.07. The molecule has 0 bridgehead atoms. The molecule has 0 saturated carbocycles. The molecule has 0 unspecified atom stereocenters. The third-order valence-corrected chi connectivity index (χ3v) is 5.45. The van der Waals surface area contributed by atoms with E-state index in [4.69, 9.17) is 4.98 Å². The lowest BCUT2D eigenvalue weighted by Gasteiger charge is -2.04. The standard InChI is InChI=1S/C17H13BrN2S/c18-14-8-4-7-12-13(14)9-15-16(12)20-17(21-15)19-10-11-5-2-1-3-6-11/h1-8H,9-10H2,(H,19,20). The summed E-state index contributed by atoms with van der Waals surface area (Å²) in [5, 5.41) is 4.44. The molecule has 1 aromatic heterocycles. The maximum atomic E-state index is 4.77. The molecule has 0 spiro atoms. The Hall–Kier alpha value is -1.65. The van der Waals surface area contributed by atoms with Gasteiger partial charge in [-0.2, -0.15) is 0 Å². The molecule has 0 radical (unpaired) electrons. The van der Waals surface area contributed by atoms with Gasteiger partial charge in [0.25, 0.3) is 0 Å². The third-order valence-electron chi connectivity index (χ3n) is 3.70. The van der Waals surface area contributed by atoms with Crippen LogP contribution < -0.4 is 5.32 Å². The van der Waals surface area contributed by atoms with E-state index in [0.717, 1.165) is 23.8 Å². The highest BCUT2D eigenvalue weighted by atomic mass is 79.9. The second-order valence-corrected chi connectivity index (χ2v) is 7.01. The van der Waals surface area contributed by atoms with Crippen LogP contribution in [0.4, 0.5) is 5.13 Å². The molecule has 2 nitrogen and oxygen atoms in total. The zero-order chi connectivity index (χ0) is 14.2. The van der Waals surface area contributed by atoms with Crippen LogP contribution in [0.1, 0.15) is 16.0 Å². The number of fused-ring (bicyclic) bond motifs is 3. The smallest absolute Gasteiger partial charge is 0.183 e. The highest BCUT2D eigenvalue weighted by molar-refractivity contribution is 9.10. The molecule has 4 heteroatoms. The molecule has 0 saturated heterocycles. The van der Waals surface area contributed by atoms with Gasteiger partial charge >= 0.3 is 0 Å². The maximum Gasteiger partial charge on any atom is 0.183 e. The van der Waals surface area contributed by atoms with Crippen LogP contribution in [0, 0.1) is 0 Å². The minimum Gasteiger partial charge on any atom is -0.357 e. The fourth-order valence-electron chi connectivity index (χ4n) is 2.65. The molecule has 1 N–H and O–H groups in total. The summed E-state index contributed by atoms with van der Waals surface area (Å²) in [4.78, 5) is 6.13. The molecule has 1 aliphatic carbocycles. The van der Waals surface area contributed by atoms with Crippen LogP contribution in [0.2, 0.25) is 0 Å². The van der Waals surface area contributed by atoms with Gasteiger partial charge in [-0.3, -0.25) is 0 Å². The molecular weight excluding hydrogens is 344 g/mol. The van der Waals surface area contributed by atoms with Crippen LogP contribution in [0.5, 0.6) is 0 Å². The van der Waals surface area contributed by atoms with Crippen LogP contribution in [0.15, 0.2) is 53.0 Å². The summed E-state index contributed by atoms with van der Waals surface area (Å²) in [7, 11) is 0. The second kappa shape index (κ2) is 5.28. The Morgan fingerprint density at radius 2 is 1.95 bits per heavy atom. The van der Waals surface area contributed by atoms with Crippen LogP contribution in [0.25, 0.3) is 11.3 Å². The van der Waals surface area contributed by atoms with E-state index in [1.165, 1.54) is 26.0 Å². The van der Waals surface area contributed by atoms with Gasteiger partial charge in [-0.15, -0.1) is 11.3 Å². The SMILES string of the molecule is Brc1cccc2c1Cc1sc(NCc3ccccc3)nc1-2. The van der Waals surface area contributed by atoms with Gasteiger partial charge in [0.1, 0.15) is 0 Å². The lowest BCUT2D eigenvalue weighted by atomic mass is 10.1. The van der Waals surface area contributed by atoms with Crippen molar-refractivity contribution in [1.29, 1.82) is 0 Å². The van der Waals surface area contributed by atoms with E-state index in [9.17, 15) is 0 Å². The van der Waals surface area contributed by atoms with Crippen LogP contribution >= 0.6 is 27.3 Å². The van der Waals surface area contributed by atoms with Crippen molar-refractivity contribution in [3.8, 4) is 11.3 Å². The van der Waals surface area contributed by atoms with E-state index in [2.05, 4.69) is 63.7 Å². The Kier molecular flexibility index (Phi) is 3.28. The fourth-order valence-corrected chi connectivity index (χ4v) is 4.14. The molecule has 4 rings (SSSR count). The Balaban J connectivity index is 1.58. The summed E-state index contributed by atoms with van der Waals surface area (Å²) >= 11 is 5.40. The number of nitrogens with one attached hydrogen (secondary N) is 1. The van der Waals surface area contributed by atoms with Gasteiger partial charge in [0.2, 0.25) is 0 Å². The molecule has 2 aromatic carbocycles. The minimum absolute atomic E-state index is 0.818. The van der Waals surface area contributed by atoms with Crippen LogP contribution in [-0.2, 0) is 13.0 Å². The van der Waals surface area contributed by atoms with Crippen molar-refractivity contribution >= 4 is 32.4 Å². The predicted molar refractivity (Wildman–Crippen MR) is 91.8 cm³/mol. The Morgan fingerprint density at radius 1 is 1.10 bits per heavy atom. The van der Waals surface area contributed by atoms with E-state index < -0.39 is 0 Å². The highest BCUT2D eigenvalue weighted by Crippen LogP contribution is 2.43. The number of rotatable bonds is 3. The van der Waals surface area contributed by atoms with Crippen molar-refractivity contribution < 1.29 is 0 Å². The zero-order valence-corrected chi connectivity index (χ0v) is 13.7. The maximum absolute atomic E-state index is 4.77. The zero-order valence-electron chi connectivity index (χ0n) is 11.3. The summed E-state index contributed by atoms with van der Waals surface area (Å²) in [6.45, 7) is 0.818. The number of halogens is 1. The normalized spacial score (nSPS) is 12.0. The first-order chi connectivity index (χ1) is 10.3. The average molecular weight is 357 g/mol. The van der Waals surface area contributed by atoms with E-state index in [0.29, 0.717) is 0 Å². The quantitative estimate of drug-likeness (QED) is 0.553. The average Bonchev–Trinajstić information content (AvgIpc) is 3.05. The summed E-state index contributed by atoms with van der Waals surface area (Å²) < 4.78 is 1.18. The number of nitrogens with zero attached hydrogens (tertiary/aromatic N) is 1. The lowest BCUT2D eigenvalue weighted by Crippen LogP contribution is -1.98. The summed E-state index contributed by atoms with van der Waals surface area (Å²) in [6, 6.07) is 16.8. The van der Waals surface area contributed by atoms with Gasteiger partial charge in [-0.25, -0.2) is 4.98 Å². The van der Waals surface area contributed by atoms with Gasteiger partial charge in [-0.1, -0.05) is 58.4 Å². The molecule has 1 aliphatic rings. The van der Waals surface area contributed by atoms with E-state index >= 15 is 0 Å². The largest absolute Gasteiger partial charge is 0.357 e.